The predicted molar refractivity (Wildman–Crippen MR) is 91.1 cm³/mol. The quantitative estimate of drug-likeness (QED) is 0.689. The van der Waals surface area contributed by atoms with E-state index in [0.717, 1.165) is 11.1 Å². The van der Waals surface area contributed by atoms with Crippen molar-refractivity contribution in [1.82, 2.24) is 0 Å². The molecule has 0 saturated carbocycles. The zero-order valence-corrected chi connectivity index (χ0v) is 13.4. The fraction of sp³-hybridized carbons (Fsp3) is 0.158. The van der Waals surface area contributed by atoms with Gasteiger partial charge in [-0.1, -0.05) is 30.3 Å². The van der Waals surface area contributed by atoms with E-state index in [1.54, 1.807) is 19.2 Å². The van der Waals surface area contributed by atoms with E-state index in [1.165, 1.54) is 6.08 Å². The summed E-state index contributed by atoms with van der Waals surface area (Å²) in [5.41, 5.74) is 3.39. The first-order valence-corrected chi connectivity index (χ1v) is 7.18. The smallest absolute Gasteiger partial charge is 0.266 e. The van der Waals surface area contributed by atoms with Crippen molar-refractivity contribution in [3.8, 4) is 11.8 Å². The van der Waals surface area contributed by atoms with Crippen molar-refractivity contribution in [2.75, 3.05) is 12.4 Å². The van der Waals surface area contributed by atoms with Crippen molar-refractivity contribution in [2.24, 2.45) is 0 Å². The van der Waals surface area contributed by atoms with E-state index >= 15 is 0 Å². The molecule has 0 aliphatic heterocycles. The Hall–Kier alpha value is -3.06. The molecule has 0 radical (unpaired) electrons. The number of nitrogens with one attached hydrogen (secondary N) is 1. The number of hydrogen-bond donors (Lipinski definition) is 1. The van der Waals surface area contributed by atoms with E-state index in [-0.39, 0.29) is 5.57 Å². The molecule has 0 spiro atoms. The third kappa shape index (κ3) is 3.98. The molecule has 2 aromatic rings. The largest absolute Gasteiger partial charge is 0.496 e. The lowest BCUT2D eigenvalue weighted by atomic mass is 10.1. The van der Waals surface area contributed by atoms with Gasteiger partial charge in [0.05, 0.1) is 7.11 Å². The van der Waals surface area contributed by atoms with E-state index in [1.807, 2.05) is 50.2 Å². The average molecular weight is 306 g/mol. The van der Waals surface area contributed by atoms with Gasteiger partial charge in [0.25, 0.3) is 5.91 Å². The summed E-state index contributed by atoms with van der Waals surface area (Å²) in [5, 5.41) is 12.1. The Kier molecular flexibility index (Phi) is 5.16. The number of rotatable bonds is 4. The molecule has 0 aliphatic carbocycles. The molecule has 1 N–H and O–H groups in total. The number of nitrogens with zero attached hydrogens (tertiary/aromatic N) is 1. The molecule has 0 aromatic heterocycles. The van der Waals surface area contributed by atoms with Crippen LogP contribution < -0.4 is 10.1 Å². The molecule has 0 unspecified atom stereocenters. The number of para-hydroxylation sites is 1. The second-order valence-electron chi connectivity index (χ2n) is 5.18. The van der Waals surface area contributed by atoms with Gasteiger partial charge >= 0.3 is 0 Å². The Balaban J connectivity index is 2.30. The van der Waals surface area contributed by atoms with E-state index < -0.39 is 5.91 Å². The summed E-state index contributed by atoms with van der Waals surface area (Å²) in [6.07, 6.45) is 1.53. The van der Waals surface area contributed by atoms with Gasteiger partial charge in [-0.3, -0.25) is 4.79 Å². The minimum Gasteiger partial charge on any atom is -0.496 e. The van der Waals surface area contributed by atoms with E-state index in [9.17, 15) is 10.1 Å². The van der Waals surface area contributed by atoms with Gasteiger partial charge in [0, 0.05) is 11.3 Å². The minimum atomic E-state index is -0.438. The molecule has 23 heavy (non-hydrogen) atoms. The van der Waals surface area contributed by atoms with Crippen LogP contribution in [0.2, 0.25) is 0 Å². The number of carbonyl (C=O) groups is 1. The van der Waals surface area contributed by atoms with Gasteiger partial charge in [0.2, 0.25) is 0 Å². The molecule has 0 atom stereocenters. The molecule has 0 heterocycles. The van der Waals surface area contributed by atoms with Crippen molar-refractivity contribution in [3.05, 3.63) is 64.7 Å². The van der Waals surface area contributed by atoms with Gasteiger partial charge in [0.15, 0.2) is 0 Å². The molecular weight excluding hydrogens is 288 g/mol. The summed E-state index contributed by atoms with van der Waals surface area (Å²) in [7, 11) is 1.55. The van der Waals surface area contributed by atoms with Crippen molar-refractivity contribution >= 4 is 17.7 Å². The molecule has 1 amide bonds. The lowest BCUT2D eigenvalue weighted by molar-refractivity contribution is -0.112. The highest BCUT2D eigenvalue weighted by Crippen LogP contribution is 2.22. The van der Waals surface area contributed by atoms with Crippen LogP contribution in [0.3, 0.4) is 0 Å². The number of anilines is 1. The van der Waals surface area contributed by atoms with Crippen LogP contribution in [-0.2, 0) is 4.79 Å². The van der Waals surface area contributed by atoms with Crippen molar-refractivity contribution < 1.29 is 9.53 Å². The first-order valence-electron chi connectivity index (χ1n) is 7.18. The molecule has 116 valence electrons. The van der Waals surface area contributed by atoms with Crippen LogP contribution in [-0.4, -0.2) is 13.0 Å². The number of benzene rings is 2. The standard InChI is InChI=1S/C19H18N2O2/c1-13-8-9-14(2)17(10-13)21-19(22)16(12-20)11-15-6-4-5-7-18(15)23-3/h4-11H,1-3H3,(H,21,22)/b16-11-. The average Bonchev–Trinajstić information content (AvgIpc) is 2.56. The Morgan fingerprint density at radius 3 is 2.65 bits per heavy atom. The van der Waals surface area contributed by atoms with Gasteiger partial charge in [-0.05, 0) is 43.2 Å². The number of aryl methyl sites for hydroxylation is 2. The molecule has 0 aliphatic rings. The van der Waals surface area contributed by atoms with Crippen molar-refractivity contribution in [1.29, 1.82) is 5.26 Å². The van der Waals surface area contributed by atoms with Crippen LogP contribution in [0, 0.1) is 25.2 Å². The fourth-order valence-electron chi connectivity index (χ4n) is 2.15. The normalized spacial score (nSPS) is 10.8. The number of carbonyl (C=O) groups excluding carboxylic acids is 1. The highest BCUT2D eigenvalue weighted by atomic mass is 16.5. The van der Waals surface area contributed by atoms with Crippen LogP contribution in [0.4, 0.5) is 5.69 Å². The Labute approximate surface area is 136 Å². The van der Waals surface area contributed by atoms with Gasteiger partial charge in [-0.25, -0.2) is 0 Å². The third-order valence-electron chi connectivity index (χ3n) is 3.45. The number of ether oxygens (including phenoxy) is 1. The van der Waals surface area contributed by atoms with Crippen molar-refractivity contribution in [3.63, 3.8) is 0 Å². The highest BCUT2D eigenvalue weighted by molar-refractivity contribution is 6.10. The predicted octanol–water partition coefficient (Wildman–Crippen LogP) is 3.86. The van der Waals surface area contributed by atoms with Crippen LogP contribution in [0.1, 0.15) is 16.7 Å². The summed E-state index contributed by atoms with van der Waals surface area (Å²) in [6.45, 7) is 3.86. The van der Waals surface area contributed by atoms with Crippen molar-refractivity contribution in [2.45, 2.75) is 13.8 Å². The lowest BCUT2D eigenvalue weighted by Crippen LogP contribution is -2.14. The zero-order chi connectivity index (χ0) is 16.8. The molecule has 2 aromatic carbocycles. The lowest BCUT2D eigenvalue weighted by Gasteiger charge is -2.09. The fourth-order valence-corrected chi connectivity index (χ4v) is 2.15. The second kappa shape index (κ2) is 7.28. The Morgan fingerprint density at radius 2 is 1.96 bits per heavy atom. The van der Waals surface area contributed by atoms with Crippen LogP contribution in [0.25, 0.3) is 6.08 Å². The van der Waals surface area contributed by atoms with Gasteiger partial charge in [-0.2, -0.15) is 5.26 Å². The van der Waals surface area contributed by atoms with E-state index in [4.69, 9.17) is 4.74 Å². The topological polar surface area (TPSA) is 62.1 Å². The molecule has 0 saturated heterocycles. The SMILES string of the molecule is COc1ccccc1/C=C(/C#N)C(=O)Nc1cc(C)ccc1C. The first kappa shape index (κ1) is 16.3. The number of amides is 1. The number of methoxy groups -OCH3 is 1. The Bertz CT molecular complexity index is 801. The molecule has 4 nitrogen and oxygen atoms in total. The summed E-state index contributed by atoms with van der Waals surface area (Å²) in [4.78, 5) is 12.4. The number of hydrogen-bond acceptors (Lipinski definition) is 3. The van der Waals surface area contributed by atoms with Gasteiger partial charge < -0.3 is 10.1 Å². The Morgan fingerprint density at radius 1 is 1.22 bits per heavy atom. The first-order chi connectivity index (χ1) is 11.0. The van der Waals surface area contributed by atoms with E-state index in [2.05, 4.69) is 5.32 Å². The summed E-state index contributed by atoms with van der Waals surface area (Å²) < 4.78 is 5.24. The maximum absolute atomic E-state index is 12.4. The maximum atomic E-state index is 12.4. The van der Waals surface area contributed by atoms with Crippen LogP contribution in [0.15, 0.2) is 48.0 Å². The molecular formula is C19H18N2O2. The van der Waals surface area contributed by atoms with Gasteiger partial charge in [-0.15, -0.1) is 0 Å². The molecule has 2 rings (SSSR count). The maximum Gasteiger partial charge on any atom is 0.266 e. The summed E-state index contributed by atoms with van der Waals surface area (Å²) >= 11 is 0. The molecule has 0 bridgehead atoms. The minimum absolute atomic E-state index is 0.0235. The highest BCUT2D eigenvalue weighted by Gasteiger charge is 2.12. The molecule has 0 fully saturated rings. The van der Waals surface area contributed by atoms with Crippen LogP contribution >= 0.6 is 0 Å². The monoisotopic (exact) mass is 306 g/mol. The second-order valence-corrected chi connectivity index (χ2v) is 5.18. The van der Waals surface area contributed by atoms with Gasteiger partial charge in [0.1, 0.15) is 17.4 Å². The molecule has 4 heteroatoms. The summed E-state index contributed by atoms with van der Waals surface area (Å²) in [6, 6.07) is 15.0. The number of nitriles is 1. The van der Waals surface area contributed by atoms with Crippen LogP contribution in [0.5, 0.6) is 5.75 Å². The summed E-state index contributed by atoms with van der Waals surface area (Å²) in [5.74, 6) is 0.173. The van der Waals surface area contributed by atoms with E-state index in [0.29, 0.717) is 17.0 Å². The zero-order valence-electron chi connectivity index (χ0n) is 13.4. The third-order valence-corrected chi connectivity index (χ3v) is 3.45.